The SMILES string of the molecule is CS(=O)(=O)N1Cc2cc(Br)ccc2N(Cc2cccnc2)CC1Cc1ccccc1. The third-order valence-corrected chi connectivity index (χ3v) is 7.16. The molecule has 1 aromatic heterocycles. The quantitative estimate of drug-likeness (QED) is 0.542. The molecule has 0 bridgehead atoms. The minimum Gasteiger partial charge on any atom is -0.365 e. The number of fused-ring (bicyclic) bond motifs is 1. The first-order valence-electron chi connectivity index (χ1n) is 9.83. The van der Waals surface area contributed by atoms with Gasteiger partial charge in [0.15, 0.2) is 0 Å². The fourth-order valence-corrected chi connectivity index (χ4v) is 5.50. The second-order valence-electron chi connectivity index (χ2n) is 7.67. The molecule has 1 aliphatic rings. The van der Waals surface area contributed by atoms with Crippen molar-refractivity contribution < 1.29 is 8.42 Å². The van der Waals surface area contributed by atoms with Gasteiger partial charge < -0.3 is 4.90 Å². The van der Waals surface area contributed by atoms with E-state index in [9.17, 15) is 8.42 Å². The van der Waals surface area contributed by atoms with Crippen molar-refractivity contribution in [1.82, 2.24) is 9.29 Å². The van der Waals surface area contributed by atoms with Crippen molar-refractivity contribution in [1.29, 1.82) is 0 Å². The minimum atomic E-state index is -3.39. The van der Waals surface area contributed by atoms with Crippen LogP contribution in [-0.2, 0) is 29.5 Å². The molecule has 0 saturated carbocycles. The number of halogens is 1. The van der Waals surface area contributed by atoms with Gasteiger partial charge in [-0.3, -0.25) is 4.98 Å². The zero-order chi connectivity index (χ0) is 21.1. The number of sulfonamides is 1. The third-order valence-electron chi connectivity index (χ3n) is 5.38. The van der Waals surface area contributed by atoms with Crippen LogP contribution in [0.3, 0.4) is 0 Å². The highest BCUT2D eigenvalue weighted by atomic mass is 79.9. The molecule has 0 aliphatic carbocycles. The molecule has 0 N–H and O–H groups in total. The third kappa shape index (κ3) is 4.91. The van der Waals surface area contributed by atoms with Crippen LogP contribution in [0.4, 0.5) is 5.69 Å². The summed E-state index contributed by atoms with van der Waals surface area (Å²) in [6.45, 7) is 1.63. The molecule has 0 amide bonds. The Hall–Kier alpha value is -2.22. The maximum atomic E-state index is 12.8. The van der Waals surface area contributed by atoms with E-state index in [2.05, 4.69) is 50.1 Å². The summed E-state index contributed by atoms with van der Waals surface area (Å²) in [4.78, 5) is 6.52. The average Bonchev–Trinajstić information content (AvgIpc) is 2.86. The molecule has 5 nitrogen and oxygen atoms in total. The van der Waals surface area contributed by atoms with Crippen molar-refractivity contribution in [3.63, 3.8) is 0 Å². The van der Waals surface area contributed by atoms with Gasteiger partial charge in [-0.15, -0.1) is 0 Å². The van der Waals surface area contributed by atoms with Gasteiger partial charge in [0.05, 0.1) is 6.26 Å². The number of anilines is 1. The lowest BCUT2D eigenvalue weighted by atomic mass is 10.1. The van der Waals surface area contributed by atoms with Crippen LogP contribution in [0.15, 0.2) is 77.5 Å². The Morgan fingerprint density at radius 1 is 1.07 bits per heavy atom. The predicted octanol–water partition coefficient (Wildman–Crippen LogP) is 4.24. The van der Waals surface area contributed by atoms with Crippen LogP contribution in [0.1, 0.15) is 16.7 Å². The van der Waals surface area contributed by atoms with E-state index in [4.69, 9.17) is 0 Å². The van der Waals surface area contributed by atoms with Gasteiger partial charge in [0.2, 0.25) is 10.0 Å². The van der Waals surface area contributed by atoms with Gasteiger partial charge >= 0.3 is 0 Å². The molecule has 30 heavy (non-hydrogen) atoms. The highest BCUT2D eigenvalue weighted by Gasteiger charge is 2.33. The number of benzene rings is 2. The number of aromatic nitrogens is 1. The first-order valence-corrected chi connectivity index (χ1v) is 12.5. The van der Waals surface area contributed by atoms with Crippen molar-refractivity contribution in [3.05, 3.63) is 94.2 Å². The van der Waals surface area contributed by atoms with Gasteiger partial charge in [-0.05, 0) is 47.4 Å². The van der Waals surface area contributed by atoms with E-state index in [1.807, 2.05) is 42.6 Å². The largest absolute Gasteiger partial charge is 0.365 e. The first-order chi connectivity index (χ1) is 14.4. The molecular formula is C23H24BrN3O2S. The van der Waals surface area contributed by atoms with Gasteiger partial charge in [-0.1, -0.05) is 52.3 Å². The zero-order valence-corrected chi connectivity index (χ0v) is 19.2. The maximum Gasteiger partial charge on any atom is 0.211 e. The minimum absolute atomic E-state index is 0.176. The Morgan fingerprint density at radius 2 is 1.83 bits per heavy atom. The molecule has 0 radical (unpaired) electrons. The molecule has 0 spiro atoms. The molecule has 0 saturated heterocycles. The molecule has 7 heteroatoms. The van der Waals surface area contributed by atoms with E-state index < -0.39 is 10.0 Å². The summed E-state index contributed by atoms with van der Waals surface area (Å²) in [7, 11) is -3.39. The molecule has 1 aliphatic heterocycles. The first kappa shape index (κ1) is 21.0. The number of rotatable bonds is 5. The zero-order valence-electron chi connectivity index (χ0n) is 16.8. The predicted molar refractivity (Wildman–Crippen MR) is 124 cm³/mol. The molecule has 156 valence electrons. The van der Waals surface area contributed by atoms with Crippen LogP contribution in [0.25, 0.3) is 0 Å². The molecule has 0 fully saturated rings. The second-order valence-corrected chi connectivity index (χ2v) is 10.5. The summed E-state index contributed by atoms with van der Waals surface area (Å²) in [5.41, 5.74) is 4.28. The van der Waals surface area contributed by atoms with E-state index in [1.165, 1.54) is 6.26 Å². The van der Waals surface area contributed by atoms with E-state index in [0.717, 1.165) is 26.9 Å². The lowest BCUT2D eigenvalue weighted by Gasteiger charge is -2.31. The van der Waals surface area contributed by atoms with Crippen molar-refractivity contribution in [3.8, 4) is 0 Å². The van der Waals surface area contributed by atoms with Crippen molar-refractivity contribution in [2.24, 2.45) is 0 Å². The lowest BCUT2D eigenvalue weighted by Crippen LogP contribution is -2.45. The van der Waals surface area contributed by atoms with Gasteiger partial charge in [0.1, 0.15) is 0 Å². The molecule has 2 heterocycles. The monoisotopic (exact) mass is 485 g/mol. The van der Waals surface area contributed by atoms with Gasteiger partial charge in [-0.2, -0.15) is 4.31 Å². The van der Waals surface area contributed by atoms with Crippen LogP contribution in [0.5, 0.6) is 0 Å². The normalized spacial score (nSPS) is 17.4. The number of hydrogen-bond acceptors (Lipinski definition) is 4. The Kier molecular flexibility index (Phi) is 6.22. The Morgan fingerprint density at radius 3 is 2.53 bits per heavy atom. The average molecular weight is 486 g/mol. The molecular weight excluding hydrogens is 462 g/mol. The number of hydrogen-bond donors (Lipinski definition) is 0. The summed E-state index contributed by atoms with van der Waals surface area (Å²) in [5, 5.41) is 0. The van der Waals surface area contributed by atoms with E-state index >= 15 is 0 Å². The van der Waals surface area contributed by atoms with Crippen LogP contribution >= 0.6 is 15.9 Å². The maximum absolute atomic E-state index is 12.8. The number of pyridine rings is 1. The molecule has 1 atom stereocenters. The van der Waals surface area contributed by atoms with E-state index in [1.54, 1.807) is 10.5 Å². The van der Waals surface area contributed by atoms with Crippen molar-refractivity contribution in [2.45, 2.75) is 25.6 Å². The molecule has 1 unspecified atom stereocenters. The summed E-state index contributed by atoms with van der Waals surface area (Å²) in [6.07, 6.45) is 5.59. The fraction of sp³-hybridized carbons (Fsp3) is 0.261. The van der Waals surface area contributed by atoms with Gasteiger partial charge in [0.25, 0.3) is 0 Å². The van der Waals surface area contributed by atoms with Crippen LogP contribution in [0.2, 0.25) is 0 Å². The summed E-state index contributed by atoms with van der Waals surface area (Å²) in [6, 6.07) is 20.0. The topological polar surface area (TPSA) is 53.5 Å². The number of nitrogens with zero attached hydrogens (tertiary/aromatic N) is 3. The lowest BCUT2D eigenvalue weighted by molar-refractivity contribution is 0.320. The summed E-state index contributed by atoms with van der Waals surface area (Å²) >= 11 is 3.55. The standard InChI is InChI=1S/C23H24BrN3O2S/c1-30(28,29)27-16-20-13-21(24)9-10-23(20)26(15-19-8-5-11-25-14-19)17-22(27)12-18-6-3-2-4-7-18/h2-11,13-14,22H,12,15-17H2,1H3. The van der Waals surface area contributed by atoms with E-state index in [0.29, 0.717) is 26.1 Å². The van der Waals surface area contributed by atoms with Crippen LogP contribution in [0, 0.1) is 0 Å². The van der Waals surface area contributed by atoms with Crippen molar-refractivity contribution in [2.75, 3.05) is 17.7 Å². The van der Waals surface area contributed by atoms with Gasteiger partial charge in [0, 0.05) is 48.2 Å². The Balaban J connectivity index is 1.76. The molecule has 4 rings (SSSR count). The fourth-order valence-electron chi connectivity index (χ4n) is 4.03. The van der Waals surface area contributed by atoms with Crippen LogP contribution in [-0.4, -0.2) is 36.5 Å². The van der Waals surface area contributed by atoms with Crippen LogP contribution < -0.4 is 4.90 Å². The highest BCUT2D eigenvalue weighted by Crippen LogP contribution is 2.33. The smallest absolute Gasteiger partial charge is 0.211 e. The molecule has 3 aromatic rings. The second kappa shape index (κ2) is 8.88. The summed E-state index contributed by atoms with van der Waals surface area (Å²) in [5.74, 6) is 0. The Labute approximate surface area is 186 Å². The Bertz CT molecular complexity index is 1110. The highest BCUT2D eigenvalue weighted by molar-refractivity contribution is 9.10. The van der Waals surface area contributed by atoms with E-state index in [-0.39, 0.29) is 6.04 Å². The van der Waals surface area contributed by atoms with Gasteiger partial charge in [-0.25, -0.2) is 8.42 Å². The molecule has 2 aromatic carbocycles. The summed E-state index contributed by atoms with van der Waals surface area (Å²) < 4.78 is 28.2. The van der Waals surface area contributed by atoms with Crippen molar-refractivity contribution >= 4 is 31.6 Å².